The van der Waals surface area contributed by atoms with Gasteiger partial charge in [0.1, 0.15) is 0 Å². The lowest BCUT2D eigenvalue weighted by Gasteiger charge is -2.55. The Bertz CT molecular complexity index is 1260. The highest BCUT2D eigenvalue weighted by Gasteiger charge is 2.72. The van der Waals surface area contributed by atoms with Crippen LogP contribution in [-0.4, -0.2) is 22.7 Å². The SMILES string of the molecule is Cc1cccc(C(=O)NN2C(=O)[C@@H]3[C@H](C2=O)C2(Br)c4ccccc4C3(Br)c3ccccc32)c1. The molecule has 3 amide bonds. The van der Waals surface area contributed by atoms with E-state index >= 15 is 0 Å². The summed E-state index contributed by atoms with van der Waals surface area (Å²) >= 11 is 7.89. The molecule has 5 nitrogen and oxygen atoms in total. The summed E-state index contributed by atoms with van der Waals surface area (Å²) in [5, 5.41) is 0.920. The number of hydrazine groups is 1. The molecule has 1 N–H and O–H groups in total. The van der Waals surface area contributed by atoms with Gasteiger partial charge in [-0.1, -0.05) is 98.1 Å². The zero-order valence-corrected chi connectivity index (χ0v) is 20.7. The van der Waals surface area contributed by atoms with Crippen LogP contribution in [0.4, 0.5) is 0 Å². The van der Waals surface area contributed by atoms with Crippen LogP contribution in [0.2, 0.25) is 0 Å². The van der Waals surface area contributed by atoms with Gasteiger partial charge in [0, 0.05) is 5.56 Å². The first-order valence-corrected chi connectivity index (χ1v) is 12.2. The molecular formula is C26H18Br2N2O3. The zero-order valence-electron chi connectivity index (χ0n) is 17.5. The molecule has 1 aliphatic heterocycles. The van der Waals surface area contributed by atoms with Crippen molar-refractivity contribution >= 4 is 49.6 Å². The van der Waals surface area contributed by atoms with Crippen molar-refractivity contribution in [3.63, 3.8) is 0 Å². The van der Waals surface area contributed by atoms with Crippen molar-refractivity contribution < 1.29 is 14.4 Å². The number of aryl methyl sites for hydroxylation is 1. The third-order valence-corrected chi connectivity index (χ3v) is 9.77. The summed E-state index contributed by atoms with van der Waals surface area (Å²) < 4.78 is -1.76. The first-order chi connectivity index (χ1) is 15.8. The molecular weight excluding hydrogens is 548 g/mol. The molecule has 3 aliphatic carbocycles. The van der Waals surface area contributed by atoms with Crippen LogP contribution in [0.5, 0.6) is 0 Å². The van der Waals surface area contributed by atoms with Gasteiger partial charge in [-0.2, -0.15) is 5.01 Å². The molecule has 0 spiro atoms. The van der Waals surface area contributed by atoms with Gasteiger partial charge in [-0.15, -0.1) is 0 Å². The topological polar surface area (TPSA) is 66.5 Å². The Kier molecular flexibility index (Phi) is 4.33. The predicted octanol–water partition coefficient (Wildman–Crippen LogP) is 4.55. The zero-order chi connectivity index (χ0) is 23.1. The fourth-order valence-corrected chi connectivity index (χ4v) is 8.03. The monoisotopic (exact) mass is 564 g/mol. The van der Waals surface area contributed by atoms with E-state index in [2.05, 4.69) is 37.3 Å². The Hall–Kier alpha value is -2.77. The smallest absolute Gasteiger partial charge is 0.270 e. The molecule has 2 atom stereocenters. The molecule has 1 saturated heterocycles. The minimum atomic E-state index is -0.879. The average Bonchev–Trinajstić information content (AvgIpc) is 3.08. The average molecular weight is 566 g/mol. The molecule has 0 radical (unpaired) electrons. The summed E-state index contributed by atoms with van der Waals surface area (Å²) in [5.74, 6) is -2.76. The van der Waals surface area contributed by atoms with Gasteiger partial charge >= 0.3 is 0 Å². The first kappa shape index (κ1) is 20.8. The van der Waals surface area contributed by atoms with E-state index in [-0.39, 0.29) is 0 Å². The van der Waals surface area contributed by atoms with Crippen LogP contribution in [0, 0.1) is 18.8 Å². The van der Waals surface area contributed by atoms with E-state index in [1.165, 1.54) is 0 Å². The van der Waals surface area contributed by atoms with Gasteiger partial charge in [0.2, 0.25) is 0 Å². The summed E-state index contributed by atoms with van der Waals surface area (Å²) in [6, 6.07) is 22.8. The lowest BCUT2D eigenvalue weighted by Crippen LogP contribution is -2.56. The second kappa shape index (κ2) is 6.87. The molecule has 2 bridgehead atoms. The maximum absolute atomic E-state index is 13.8. The number of halogens is 2. The van der Waals surface area contributed by atoms with Crippen molar-refractivity contribution in [2.24, 2.45) is 11.8 Å². The molecule has 0 saturated carbocycles. The number of carbonyl (C=O) groups is 3. The lowest BCUT2D eigenvalue weighted by atomic mass is 9.54. The van der Waals surface area contributed by atoms with Crippen molar-refractivity contribution in [1.82, 2.24) is 10.4 Å². The van der Waals surface area contributed by atoms with Crippen LogP contribution in [0.3, 0.4) is 0 Å². The largest absolute Gasteiger partial charge is 0.272 e. The van der Waals surface area contributed by atoms with Crippen LogP contribution >= 0.6 is 31.9 Å². The third kappa shape index (κ3) is 2.49. The van der Waals surface area contributed by atoms with Crippen molar-refractivity contribution in [1.29, 1.82) is 0 Å². The van der Waals surface area contributed by atoms with Gasteiger partial charge in [-0.25, -0.2) is 0 Å². The molecule has 164 valence electrons. The van der Waals surface area contributed by atoms with Gasteiger partial charge in [0.15, 0.2) is 0 Å². The standard InChI is InChI=1S/C26H18Br2N2O3/c1-14-7-6-8-15(13-14)22(31)29-30-23(32)20-21(24(30)33)26(28)17-10-3-2-9-16(17)25(20,27)18-11-4-5-12-19(18)26/h2-13,20-21H,1H3,(H,29,31)/t20-,21+,25?,26?. The summed E-state index contributed by atoms with van der Waals surface area (Å²) in [6.07, 6.45) is 0. The van der Waals surface area contributed by atoms with E-state index in [1.807, 2.05) is 61.5 Å². The van der Waals surface area contributed by atoms with Gasteiger partial charge in [0.05, 0.1) is 20.5 Å². The molecule has 1 heterocycles. The van der Waals surface area contributed by atoms with Crippen LogP contribution in [0.15, 0.2) is 72.8 Å². The number of alkyl halides is 2. The molecule has 7 heteroatoms. The molecule has 1 fully saturated rings. The predicted molar refractivity (Wildman–Crippen MR) is 130 cm³/mol. The van der Waals surface area contributed by atoms with E-state index in [0.29, 0.717) is 5.56 Å². The number of hydrogen-bond donors (Lipinski definition) is 1. The molecule has 33 heavy (non-hydrogen) atoms. The number of amides is 3. The van der Waals surface area contributed by atoms with Crippen LogP contribution in [0.25, 0.3) is 0 Å². The molecule has 4 aliphatic rings. The fraction of sp³-hybridized carbons (Fsp3) is 0.192. The van der Waals surface area contributed by atoms with Gasteiger partial charge in [-0.3, -0.25) is 19.8 Å². The number of carbonyl (C=O) groups excluding carboxylic acids is 3. The Balaban J connectivity index is 1.50. The number of imide groups is 1. The first-order valence-electron chi connectivity index (χ1n) is 10.6. The normalized spacial score (nSPS) is 28.9. The van der Waals surface area contributed by atoms with E-state index in [4.69, 9.17) is 0 Å². The van der Waals surface area contributed by atoms with Crippen molar-refractivity contribution in [2.45, 2.75) is 15.6 Å². The number of benzene rings is 3. The van der Waals surface area contributed by atoms with E-state index in [0.717, 1.165) is 32.8 Å². The second-order valence-electron chi connectivity index (χ2n) is 8.79. The summed E-state index contributed by atoms with van der Waals surface area (Å²) in [7, 11) is 0. The fourth-order valence-electron chi connectivity index (χ4n) is 5.73. The van der Waals surface area contributed by atoms with Gasteiger partial charge in [-0.05, 0) is 41.3 Å². The van der Waals surface area contributed by atoms with E-state index in [9.17, 15) is 14.4 Å². The van der Waals surface area contributed by atoms with Crippen LogP contribution in [0.1, 0.15) is 38.2 Å². The maximum Gasteiger partial charge on any atom is 0.270 e. The van der Waals surface area contributed by atoms with E-state index in [1.54, 1.807) is 18.2 Å². The van der Waals surface area contributed by atoms with Crippen molar-refractivity contribution in [2.75, 3.05) is 0 Å². The second-order valence-corrected chi connectivity index (χ2v) is 11.3. The molecule has 7 rings (SSSR count). The highest BCUT2D eigenvalue weighted by molar-refractivity contribution is 9.10. The quantitative estimate of drug-likeness (QED) is 0.366. The summed E-state index contributed by atoms with van der Waals surface area (Å²) in [5.41, 5.74) is 7.71. The van der Waals surface area contributed by atoms with Crippen molar-refractivity contribution in [3.8, 4) is 0 Å². The maximum atomic E-state index is 13.8. The number of hydrogen-bond acceptors (Lipinski definition) is 3. The highest BCUT2D eigenvalue weighted by Crippen LogP contribution is 2.70. The molecule has 3 aromatic rings. The minimum absolute atomic E-state index is 0.391. The number of rotatable bonds is 2. The highest BCUT2D eigenvalue weighted by atomic mass is 79.9. The lowest BCUT2D eigenvalue weighted by molar-refractivity contribution is -0.142. The van der Waals surface area contributed by atoms with Crippen molar-refractivity contribution in [3.05, 3.63) is 106 Å². The van der Waals surface area contributed by atoms with Gasteiger partial charge in [0.25, 0.3) is 17.7 Å². The molecule has 0 aromatic heterocycles. The molecule has 3 aromatic carbocycles. The van der Waals surface area contributed by atoms with Crippen LogP contribution in [-0.2, 0) is 18.2 Å². The minimum Gasteiger partial charge on any atom is -0.272 e. The van der Waals surface area contributed by atoms with Gasteiger partial charge < -0.3 is 0 Å². The Morgan fingerprint density at radius 1 is 0.788 bits per heavy atom. The molecule has 0 unspecified atom stereocenters. The summed E-state index contributed by atoms with van der Waals surface area (Å²) in [4.78, 5) is 40.5. The number of nitrogens with zero attached hydrogens (tertiary/aromatic N) is 1. The Labute approximate surface area is 207 Å². The van der Waals surface area contributed by atoms with Crippen LogP contribution < -0.4 is 5.43 Å². The van der Waals surface area contributed by atoms with E-state index < -0.39 is 38.2 Å². The summed E-state index contributed by atoms with van der Waals surface area (Å²) in [6.45, 7) is 1.88. The Morgan fingerprint density at radius 2 is 1.24 bits per heavy atom. The third-order valence-electron chi connectivity index (χ3n) is 7.08. The Morgan fingerprint density at radius 3 is 1.67 bits per heavy atom. The number of nitrogens with one attached hydrogen (secondary N) is 1.